The predicted octanol–water partition coefficient (Wildman–Crippen LogP) is 0.723. The molecule has 0 fully saturated rings. The average Bonchev–Trinajstić information content (AvgIpc) is 2.77. The van der Waals surface area contributed by atoms with Crippen molar-refractivity contribution in [1.82, 2.24) is 15.5 Å². The Labute approximate surface area is 110 Å². The number of hydrogen-bond acceptors (Lipinski definition) is 4. The third-order valence-corrected chi connectivity index (χ3v) is 2.84. The van der Waals surface area contributed by atoms with Crippen molar-refractivity contribution in [3.63, 3.8) is 0 Å². The minimum absolute atomic E-state index is 0.0205. The lowest BCUT2D eigenvalue weighted by Crippen LogP contribution is -2.24. The summed E-state index contributed by atoms with van der Waals surface area (Å²) in [6.07, 6.45) is 0. The van der Waals surface area contributed by atoms with Gasteiger partial charge in [-0.3, -0.25) is 9.89 Å². The Hall–Kier alpha value is -2.34. The largest absolute Gasteiger partial charge is 0.395 e. The van der Waals surface area contributed by atoms with Crippen LogP contribution in [-0.2, 0) is 13.2 Å². The number of aromatic nitrogens is 2. The van der Waals surface area contributed by atoms with E-state index in [1.807, 2.05) is 24.3 Å². The SMILES string of the molecule is Cc1[nH]nc(C(=O)NCc2cccc(CO)c2)c1N. The highest BCUT2D eigenvalue weighted by Gasteiger charge is 2.14. The van der Waals surface area contributed by atoms with E-state index in [1.54, 1.807) is 6.92 Å². The second-order valence-corrected chi connectivity index (χ2v) is 4.27. The van der Waals surface area contributed by atoms with Crippen LogP contribution in [0.5, 0.6) is 0 Å². The molecule has 0 saturated carbocycles. The number of nitrogens with two attached hydrogens (primary N) is 1. The molecule has 19 heavy (non-hydrogen) atoms. The number of nitrogens with one attached hydrogen (secondary N) is 2. The molecule has 1 heterocycles. The number of carbonyl (C=O) groups excluding carboxylic acids is 1. The number of hydrogen-bond donors (Lipinski definition) is 4. The normalized spacial score (nSPS) is 10.4. The summed E-state index contributed by atoms with van der Waals surface area (Å²) >= 11 is 0. The minimum atomic E-state index is -0.323. The topological polar surface area (TPSA) is 104 Å². The van der Waals surface area contributed by atoms with Gasteiger partial charge in [-0.05, 0) is 18.1 Å². The third-order valence-electron chi connectivity index (χ3n) is 2.84. The zero-order valence-corrected chi connectivity index (χ0v) is 10.6. The molecular formula is C13H16N4O2. The van der Waals surface area contributed by atoms with E-state index in [9.17, 15) is 4.79 Å². The van der Waals surface area contributed by atoms with Crippen LogP contribution in [0, 0.1) is 6.92 Å². The molecule has 0 bridgehead atoms. The Morgan fingerprint density at radius 3 is 2.84 bits per heavy atom. The van der Waals surface area contributed by atoms with Gasteiger partial charge in [-0.2, -0.15) is 5.10 Å². The Morgan fingerprint density at radius 1 is 1.47 bits per heavy atom. The van der Waals surface area contributed by atoms with Crippen molar-refractivity contribution in [1.29, 1.82) is 0 Å². The molecule has 0 aliphatic heterocycles. The molecule has 0 saturated heterocycles. The van der Waals surface area contributed by atoms with Gasteiger partial charge in [-0.1, -0.05) is 24.3 Å². The molecule has 6 heteroatoms. The molecule has 0 spiro atoms. The molecule has 1 amide bonds. The van der Waals surface area contributed by atoms with Gasteiger partial charge in [0.1, 0.15) is 0 Å². The molecule has 100 valence electrons. The lowest BCUT2D eigenvalue weighted by Gasteiger charge is -2.05. The van der Waals surface area contributed by atoms with Crippen LogP contribution in [-0.4, -0.2) is 21.2 Å². The quantitative estimate of drug-likeness (QED) is 0.650. The number of H-pyrrole nitrogens is 1. The first-order chi connectivity index (χ1) is 9.11. The number of nitrogen functional groups attached to an aromatic ring is 1. The number of aromatic amines is 1. The molecule has 0 radical (unpaired) electrons. The van der Waals surface area contributed by atoms with Gasteiger partial charge in [0.25, 0.3) is 5.91 Å². The van der Waals surface area contributed by atoms with Crippen LogP contribution >= 0.6 is 0 Å². The van der Waals surface area contributed by atoms with Crippen LogP contribution in [0.2, 0.25) is 0 Å². The molecule has 0 unspecified atom stereocenters. The highest BCUT2D eigenvalue weighted by Crippen LogP contribution is 2.12. The molecule has 0 aliphatic rings. The maximum atomic E-state index is 11.9. The number of carbonyl (C=O) groups is 1. The number of anilines is 1. The second kappa shape index (κ2) is 5.53. The van der Waals surface area contributed by atoms with Gasteiger partial charge in [0.2, 0.25) is 0 Å². The van der Waals surface area contributed by atoms with E-state index in [0.717, 1.165) is 11.1 Å². The van der Waals surface area contributed by atoms with Crippen molar-refractivity contribution < 1.29 is 9.90 Å². The number of rotatable bonds is 4. The summed E-state index contributed by atoms with van der Waals surface area (Å²) in [5.74, 6) is -0.323. The highest BCUT2D eigenvalue weighted by molar-refractivity contribution is 5.97. The maximum absolute atomic E-state index is 11.9. The van der Waals surface area contributed by atoms with E-state index in [2.05, 4.69) is 15.5 Å². The first kappa shape index (κ1) is 13.1. The van der Waals surface area contributed by atoms with Crippen molar-refractivity contribution in [3.05, 3.63) is 46.8 Å². The molecule has 2 aromatic rings. The van der Waals surface area contributed by atoms with E-state index in [-0.39, 0.29) is 18.2 Å². The fourth-order valence-electron chi connectivity index (χ4n) is 1.71. The summed E-state index contributed by atoms with van der Waals surface area (Å²) in [5.41, 5.74) is 8.69. The van der Waals surface area contributed by atoms with Gasteiger partial charge < -0.3 is 16.2 Å². The van der Waals surface area contributed by atoms with Gasteiger partial charge in [0.15, 0.2) is 5.69 Å². The smallest absolute Gasteiger partial charge is 0.274 e. The summed E-state index contributed by atoms with van der Waals surface area (Å²) in [5, 5.41) is 18.3. The zero-order chi connectivity index (χ0) is 13.8. The van der Waals surface area contributed by atoms with Crippen molar-refractivity contribution in [2.24, 2.45) is 0 Å². The standard InChI is InChI=1S/C13H16N4O2/c1-8-11(14)12(17-16-8)13(19)15-6-9-3-2-4-10(5-9)7-18/h2-5,18H,6-7,14H2,1H3,(H,15,19)(H,16,17). The summed E-state index contributed by atoms with van der Waals surface area (Å²) in [6, 6.07) is 7.36. The van der Waals surface area contributed by atoms with E-state index >= 15 is 0 Å². The van der Waals surface area contributed by atoms with Crippen LogP contribution in [0.15, 0.2) is 24.3 Å². The zero-order valence-electron chi connectivity index (χ0n) is 10.6. The van der Waals surface area contributed by atoms with Gasteiger partial charge in [0.05, 0.1) is 18.0 Å². The molecule has 0 aliphatic carbocycles. The van der Waals surface area contributed by atoms with Crippen molar-refractivity contribution >= 4 is 11.6 Å². The van der Waals surface area contributed by atoms with Gasteiger partial charge >= 0.3 is 0 Å². The van der Waals surface area contributed by atoms with Crippen molar-refractivity contribution in [2.45, 2.75) is 20.1 Å². The van der Waals surface area contributed by atoms with Crippen LogP contribution in [0.3, 0.4) is 0 Å². The van der Waals surface area contributed by atoms with Crippen LogP contribution < -0.4 is 11.1 Å². The minimum Gasteiger partial charge on any atom is -0.395 e. The van der Waals surface area contributed by atoms with Crippen molar-refractivity contribution in [2.75, 3.05) is 5.73 Å². The third kappa shape index (κ3) is 2.92. The summed E-state index contributed by atoms with van der Waals surface area (Å²) in [7, 11) is 0. The molecule has 6 nitrogen and oxygen atoms in total. The molecule has 1 aromatic carbocycles. The Balaban J connectivity index is 2.02. The highest BCUT2D eigenvalue weighted by atomic mass is 16.3. The predicted molar refractivity (Wildman–Crippen MR) is 71.3 cm³/mol. The second-order valence-electron chi connectivity index (χ2n) is 4.27. The number of amides is 1. The lowest BCUT2D eigenvalue weighted by molar-refractivity contribution is 0.0947. The lowest BCUT2D eigenvalue weighted by atomic mass is 10.1. The molecular weight excluding hydrogens is 244 g/mol. The number of aliphatic hydroxyl groups is 1. The monoisotopic (exact) mass is 260 g/mol. The fourth-order valence-corrected chi connectivity index (χ4v) is 1.71. The fraction of sp³-hybridized carbons (Fsp3) is 0.231. The summed E-state index contributed by atoms with van der Waals surface area (Å²) < 4.78 is 0. The molecule has 5 N–H and O–H groups in total. The summed E-state index contributed by atoms with van der Waals surface area (Å²) in [6.45, 7) is 2.09. The number of benzene rings is 1. The first-order valence-electron chi connectivity index (χ1n) is 5.89. The van der Waals surface area contributed by atoms with Crippen LogP contribution in [0.1, 0.15) is 27.3 Å². The van der Waals surface area contributed by atoms with E-state index in [1.165, 1.54) is 0 Å². The van der Waals surface area contributed by atoms with Gasteiger partial charge in [-0.25, -0.2) is 0 Å². The van der Waals surface area contributed by atoms with Gasteiger partial charge in [-0.15, -0.1) is 0 Å². The Kier molecular flexibility index (Phi) is 3.82. The number of aliphatic hydroxyl groups excluding tert-OH is 1. The maximum Gasteiger partial charge on any atom is 0.274 e. The number of nitrogens with zero attached hydrogens (tertiary/aromatic N) is 1. The van der Waals surface area contributed by atoms with E-state index < -0.39 is 0 Å². The van der Waals surface area contributed by atoms with E-state index in [0.29, 0.717) is 17.9 Å². The molecule has 1 aromatic heterocycles. The van der Waals surface area contributed by atoms with Gasteiger partial charge in [0, 0.05) is 6.54 Å². The number of aryl methyl sites for hydroxylation is 1. The Bertz CT molecular complexity index is 592. The van der Waals surface area contributed by atoms with E-state index in [4.69, 9.17) is 10.8 Å². The Morgan fingerprint density at radius 2 is 2.21 bits per heavy atom. The van der Waals surface area contributed by atoms with Crippen molar-refractivity contribution in [3.8, 4) is 0 Å². The molecule has 2 rings (SSSR count). The van der Waals surface area contributed by atoms with Crippen LogP contribution in [0.4, 0.5) is 5.69 Å². The summed E-state index contributed by atoms with van der Waals surface area (Å²) in [4.78, 5) is 11.9. The first-order valence-corrected chi connectivity index (χ1v) is 5.89. The molecule has 0 atom stereocenters. The average molecular weight is 260 g/mol. The van der Waals surface area contributed by atoms with Crippen LogP contribution in [0.25, 0.3) is 0 Å².